The molecule has 0 aromatic carbocycles. The lowest BCUT2D eigenvalue weighted by molar-refractivity contribution is -0.130. The number of amides is 2. The fourth-order valence-electron chi connectivity index (χ4n) is 3.93. The van der Waals surface area contributed by atoms with E-state index in [4.69, 9.17) is 4.74 Å². The van der Waals surface area contributed by atoms with E-state index in [0.717, 1.165) is 12.0 Å². The normalized spacial score (nSPS) is 18.3. The second-order valence-electron chi connectivity index (χ2n) is 9.91. The summed E-state index contributed by atoms with van der Waals surface area (Å²) >= 11 is 0. The number of nitrogens with zero attached hydrogens (tertiary/aromatic N) is 4. The lowest BCUT2D eigenvalue weighted by Crippen LogP contribution is -2.50. The van der Waals surface area contributed by atoms with Crippen LogP contribution in [0.15, 0.2) is 36.8 Å². The molecule has 1 aliphatic rings. The van der Waals surface area contributed by atoms with Crippen molar-refractivity contribution in [3.63, 3.8) is 0 Å². The molecule has 192 valence electrons. The summed E-state index contributed by atoms with van der Waals surface area (Å²) < 4.78 is 6.27. The van der Waals surface area contributed by atoms with E-state index in [1.165, 1.54) is 0 Å². The van der Waals surface area contributed by atoms with Gasteiger partial charge in [-0.3, -0.25) is 14.6 Å². The van der Waals surface area contributed by atoms with Crippen molar-refractivity contribution in [2.45, 2.75) is 52.7 Å². The van der Waals surface area contributed by atoms with Crippen LogP contribution in [0.4, 0.5) is 0 Å². The fraction of sp³-hybridized carbons (Fsp3) is 0.500. The van der Waals surface area contributed by atoms with Crippen molar-refractivity contribution in [1.29, 1.82) is 0 Å². The van der Waals surface area contributed by atoms with Crippen LogP contribution in [0, 0.1) is 23.7 Å². The summed E-state index contributed by atoms with van der Waals surface area (Å²) in [6, 6.07) is 5.00. The molecule has 0 saturated carbocycles. The number of aliphatic hydroxyl groups excluding tert-OH is 1. The van der Waals surface area contributed by atoms with E-state index in [1.807, 2.05) is 19.9 Å². The minimum absolute atomic E-state index is 0.0542. The molecule has 2 aromatic rings. The lowest BCUT2D eigenvalue weighted by atomic mass is 9.99. The zero-order valence-corrected chi connectivity index (χ0v) is 21.8. The molecule has 1 aliphatic heterocycles. The minimum Gasteiger partial charge on any atom is -0.472 e. The van der Waals surface area contributed by atoms with Gasteiger partial charge in [-0.05, 0) is 30.5 Å². The van der Waals surface area contributed by atoms with E-state index < -0.39 is 6.10 Å². The van der Waals surface area contributed by atoms with E-state index in [9.17, 15) is 14.7 Å². The number of hydrogen-bond acceptors (Lipinski definition) is 6. The summed E-state index contributed by atoms with van der Waals surface area (Å²) in [5.41, 5.74) is 1.79. The molecular weight excluding hydrogens is 456 g/mol. The first-order valence-electron chi connectivity index (χ1n) is 12.4. The van der Waals surface area contributed by atoms with Gasteiger partial charge in [-0.1, -0.05) is 38.7 Å². The maximum atomic E-state index is 13.5. The molecule has 0 radical (unpaired) electrons. The summed E-state index contributed by atoms with van der Waals surface area (Å²) in [7, 11) is 1.74. The minimum atomic E-state index is -0.404. The maximum absolute atomic E-state index is 13.5. The quantitative estimate of drug-likeness (QED) is 0.597. The topological polar surface area (TPSA) is 95.9 Å². The van der Waals surface area contributed by atoms with Crippen LogP contribution in [0.3, 0.4) is 0 Å². The molecule has 0 unspecified atom stereocenters. The molecule has 36 heavy (non-hydrogen) atoms. The van der Waals surface area contributed by atoms with Crippen LogP contribution in [0.1, 0.15) is 55.6 Å². The van der Waals surface area contributed by atoms with Crippen molar-refractivity contribution in [1.82, 2.24) is 19.8 Å². The first-order chi connectivity index (χ1) is 17.2. The predicted molar refractivity (Wildman–Crippen MR) is 137 cm³/mol. The lowest BCUT2D eigenvalue weighted by Gasteiger charge is -2.37. The highest BCUT2D eigenvalue weighted by atomic mass is 16.5. The number of aromatic nitrogens is 2. The largest absolute Gasteiger partial charge is 0.472 e. The Morgan fingerprint density at radius 3 is 2.78 bits per heavy atom. The third-order valence-corrected chi connectivity index (χ3v) is 6.22. The van der Waals surface area contributed by atoms with E-state index in [2.05, 4.69) is 35.7 Å². The molecule has 3 heterocycles. The molecule has 3 rings (SSSR count). The van der Waals surface area contributed by atoms with E-state index in [0.29, 0.717) is 30.1 Å². The van der Waals surface area contributed by atoms with Crippen LogP contribution in [0.5, 0.6) is 5.88 Å². The average Bonchev–Trinajstić information content (AvgIpc) is 2.86. The van der Waals surface area contributed by atoms with Gasteiger partial charge in [0.05, 0.1) is 25.6 Å². The first kappa shape index (κ1) is 27.2. The highest BCUT2D eigenvalue weighted by molar-refractivity contribution is 5.97. The Balaban J connectivity index is 1.87. The Hall–Kier alpha value is -3.44. The molecule has 8 nitrogen and oxygen atoms in total. The molecule has 8 heteroatoms. The van der Waals surface area contributed by atoms with Gasteiger partial charge in [-0.15, -0.1) is 0 Å². The second-order valence-corrected chi connectivity index (χ2v) is 9.91. The summed E-state index contributed by atoms with van der Waals surface area (Å²) in [5, 5.41) is 9.83. The number of hydrogen-bond donors (Lipinski definition) is 1. The van der Waals surface area contributed by atoms with Gasteiger partial charge in [-0.25, -0.2) is 4.98 Å². The molecule has 0 aliphatic carbocycles. The Morgan fingerprint density at radius 2 is 2.11 bits per heavy atom. The second kappa shape index (κ2) is 12.5. The van der Waals surface area contributed by atoms with Gasteiger partial charge in [0, 0.05) is 50.1 Å². The molecular formula is C28H36N4O4. The summed E-state index contributed by atoms with van der Waals surface area (Å²) in [6.07, 6.45) is 5.55. The smallest absolute Gasteiger partial charge is 0.259 e. The van der Waals surface area contributed by atoms with Crippen LogP contribution in [-0.2, 0) is 11.2 Å². The van der Waals surface area contributed by atoms with Gasteiger partial charge in [0.1, 0.15) is 11.7 Å². The Kier molecular flexibility index (Phi) is 9.43. The maximum Gasteiger partial charge on any atom is 0.259 e. The molecule has 2 aromatic heterocycles. The molecule has 0 spiro atoms. The Bertz CT molecular complexity index is 1110. The van der Waals surface area contributed by atoms with Crippen molar-refractivity contribution >= 4 is 11.8 Å². The molecule has 2 amide bonds. The highest BCUT2D eigenvalue weighted by Gasteiger charge is 2.34. The van der Waals surface area contributed by atoms with Crippen molar-refractivity contribution < 1.29 is 19.4 Å². The molecule has 0 saturated heterocycles. The zero-order chi connectivity index (χ0) is 26.2. The molecule has 0 fully saturated rings. The van der Waals surface area contributed by atoms with Crippen LogP contribution < -0.4 is 4.74 Å². The monoisotopic (exact) mass is 492 g/mol. The van der Waals surface area contributed by atoms with Crippen LogP contribution >= 0.6 is 0 Å². The summed E-state index contributed by atoms with van der Waals surface area (Å²) in [5.74, 6) is 6.45. The number of ether oxygens (including phenoxy) is 1. The number of pyridine rings is 2. The average molecular weight is 493 g/mol. The Morgan fingerprint density at radius 1 is 1.33 bits per heavy atom. The first-order valence-corrected chi connectivity index (χ1v) is 12.4. The summed E-state index contributed by atoms with van der Waals surface area (Å²) in [4.78, 5) is 38.2. The van der Waals surface area contributed by atoms with Crippen LogP contribution in [0.2, 0.25) is 0 Å². The number of fused-ring (bicyclic) bond motifs is 1. The highest BCUT2D eigenvalue weighted by Crippen LogP contribution is 2.27. The predicted octanol–water partition coefficient (Wildman–Crippen LogP) is 2.80. The van der Waals surface area contributed by atoms with Gasteiger partial charge in [0.15, 0.2) is 0 Å². The third-order valence-electron chi connectivity index (χ3n) is 6.22. The van der Waals surface area contributed by atoms with Gasteiger partial charge < -0.3 is 19.6 Å². The van der Waals surface area contributed by atoms with Crippen LogP contribution in [0.25, 0.3) is 0 Å². The third kappa shape index (κ3) is 7.05. The zero-order valence-electron chi connectivity index (χ0n) is 21.8. The van der Waals surface area contributed by atoms with Crippen LogP contribution in [-0.4, -0.2) is 75.6 Å². The van der Waals surface area contributed by atoms with E-state index in [1.54, 1.807) is 47.6 Å². The van der Waals surface area contributed by atoms with E-state index >= 15 is 0 Å². The number of rotatable bonds is 7. The number of carbonyl (C=O) groups excluding carboxylic acids is 2. The van der Waals surface area contributed by atoms with E-state index in [-0.39, 0.29) is 42.7 Å². The van der Waals surface area contributed by atoms with Crippen molar-refractivity contribution in [3.8, 4) is 17.7 Å². The van der Waals surface area contributed by atoms with Crippen molar-refractivity contribution in [2.24, 2.45) is 11.8 Å². The fourth-order valence-corrected chi connectivity index (χ4v) is 3.93. The molecule has 1 N–H and O–H groups in total. The number of carbonyl (C=O) groups is 2. The van der Waals surface area contributed by atoms with Gasteiger partial charge in [0.25, 0.3) is 5.91 Å². The standard InChI is InChI=1S/C28H36N4O4/c1-19(2)8-6-9-22-12-24-27(30-15-22)36-25(20(3)16-32(28(24)35)21(4)18-33)17-31(5)26(34)13-23-10-7-11-29-14-23/h7,10-12,14-15,19-21,25,33H,8,13,16-18H2,1-5H3/t20-,21+,25+/m1/s1. The van der Waals surface area contributed by atoms with Crippen molar-refractivity contribution in [2.75, 3.05) is 26.7 Å². The number of likely N-dealkylation sites (N-methyl/N-ethyl adjacent to an activating group) is 1. The van der Waals surface area contributed by atoms with Gasteiger partial charge in [-0.2, -0.15) is 0 Å². The molecule has 0 bridgehead atoms. The Labute approximate surface area is 213 Å². The number of aliphatic hydroxyl groups is 1. The van der Waals surface area contributed by atoms with Crippen molar-refractivity contribution in [3.05, 3.63) is 53.5 Å². The van der Waals surface area contributed by atoms with Gasteiger partial charge in [0.2, 0.25) is 11.8 Å². The summed E-state index contributed by atoms with van der Waals surface area (Å²) in [6.45, 7) is 8.52. The molecule has 3 atom stereocenters. The van der Waals surface area contributed by atoms with Gasteiger partial charge >= 0.3 is 0 Å². The SMILES string of the molecule is CC(C)CC#Cc1cnc2c(c1)C(=O)N([C@@H](C)CO)C[C@@H](C)[C@H](CN(C)C(=O)Cc1cccnc1)O2.